The molecular weight excluding hydrogens is 287 g/mol. The van der Waals surface area contributed by atoms with E-state index in [0.29, 0.717) is 11.8 Å². The Morgan fingerprint density at radius 1 is 1.41 bits per heavy atom. The van der Waals surface area contributed by atoms with Crippen LogP contribution in [0, 0.1) is 5.82 Å². The highest BCUT2D eigenvalue weighted by atomic mass is 19.1. The molecule has 0 radical (unpaired) electrons. The quantitative estimate of drug-likeness (QED) is 0.907. The number of carbonyl (C=O) groups excluding carboxylic acids is 1. The molecule has 22 heavy (non-hydrogen) atoms. The van der Waals surface area contributed by atoms with Crippen molar-refractivity contribution in [1.82, 2.24) is 10.2 Å². The molecule has 0 aromatic heterocycles. The summed E-state index contributed by atoms with van der Waals surface area (Å²) in [6.07, 6.45) is 1.17. The van der Waals surface area contributed by atoms with Crippen molar-refractivity contribution in [3.8, 4) is 5.75 Å². The van der Waals surface area contributed by atoms with Crippen LogP contribution < -0.4 is 10.1 Å². The third-order valence-corrected chi connectivity index (χ3v) is 4.14. The number of ether oxygens (including phenoxy) is 2. The van der Waals surface area contributed by atoms with Gasteiger partial charge >= 0.3 is 0 Å². The summed E-state index contributed by atoms with van der Waals surface area (Å²) < 4.78 is 23.8. The van der Waals surface area contributed by atoms with Crippen molar-refractivity contribution in [2.75, 3.05) is 26.3 Å². The fraction of sp³-hybridized carbons (Fsp3) is 0.562. The maximum atomic E-state index is 12.8. The second kappa shape index (κ2) is 6.62. The van der Waals surface area contributed by atoms with Crippen LogP contribution in [0.15, 0.2) is 24.3 Å². The molecule has 6 heteroatoms. The van der Waals surface area contributed by atoms with E-state index in [1.165, 1.54) is 24.3 Å². The van der Waals surface area contributed by atoms with Gasteiger partial charge in [0, 0.05) is 25.2 Å². The number of rotatable bonds is 4. The molecule has 120 valence electrons. The zero-order valence-corrected chi connectivity index (χ0v) is 12.6. The molecule has 2 heterocycles. The minimum atomic E-state index is -0.323. The van der Waals surface area contributed by atoms with E-state index in [-0.39, 0.29) is 30.5 Å². The third-order valence-electron chi connectivity index (χ3n) is 4.14. The molecule has 1 aromatic carbocycles. The molecule has 3 atom stereocenters. The van der Waals surface area contributed by atoms with Crippen molar-refractivity contribution in [2.24, 2.45) is 0 Å². The molecule has 0 bridgehead atoms. The summed E-state index contributed by atoms with van der Waals surface area (Å²) in [6.45, 7) is 4.53. The largest absolute Gasteiger partial charge is 0.484 e. The summed E-state index contributed by atoms with van der Waals surface area (Å²) in [5.41, 5.74) is 0. The molecule has 0 aliphatic carbocycles. The number of fused-ring (bicyclic) bond motifs is 1. The van der Waals surface area contributed by atoms with Gasteiger partial charge in [0.25, 0.3) is 5.91 Å². The van der Waals surface area contributed by atoms with Crippen LogP contribution in [0.4, 0.5) is 4.39 Å². The summed E-state index contributed by atoms with van der Waals surface area (Å²) in [5.74, 6) is 0.0154. The molecule has 2 saturated heterocycles. The lowest BCUT2D eigenvalue weighted by Gasteiger charge is -2.33. The van der Waals surface area contributed by atoms with E-state index in [9.17, 15) is 9.18 Å². The molecule has 1 aromatic rings. The first-order valence-electron chi connectivity index (χ1n) is 7.63. The van der Waals surface area contributed by atoms with Crippen LogP contribution in [0.5, 0.6) is 5.75 Å². The van der Waals surface area contributed by atoms with E-state index in [0.717, 1.165) is 26.1 Å². The molecule has 0 saturated carbocycles. The van der Waals surface area contributed by atoms with Gasteiger partial charge in [0.15, 0.2) is 6.61 Å². The van der Waals surface area contributed by atoms with Crippen LogP contribution in [-0.2, 0) is 9.53 Å². The molecule has 2 aliphatic rings. The van der Waals surface area contributed by atoms with Crippen LogP contribution in [0.1, 0.15) is 13.3 Å². The van der Waals surface area contributed by atoms with Gasteiger partial charge in [-0.1, -0.05) is 0 Å². The lowest BCUT2D eigenvalue weighted by atomic mass is 10.1. The number of amides is 1. The highest BCUT2D eigenvalue weighted by Crippen LogP contribution is 2.23. The maximum Gasteiger partial charge on any atom is 0.258 e. The van der Waals surface area contributed by atoms with E-state index < -0.39 is 0 Å². The van der Waals surface area contributed by atoms with Crippen LogP contribution in [0.3, 0.4) is 0 Å². The monoisotopic (exact) mass is 308 g/mol. The molecule has 2 aliphatic heterocycles. The summed E-state index contributed by atoms with van der Waals surface area (Å²) in [7, 11) is 0. The SMILES string of the molecule is C[C@@H]1CN2C[C@H](NC(=O)COc3ccc(F)cc3)C[C@H]2CO1. The number of morpholine rings is 1. The van der Waals surface area contributed by atoms with E-state index in [1.54, 1.807) is 0 Å². The van der Waals surface area contributed by atoms with Crippen LogP contribution >= 0.6 is 0 Å². The zero-order chi connectivity index (χ0) is 15.5. The van der Waals surface area contributed by atoms with Gasteiger partial charge in [-0.2, -0.15) is 0 Å². The van der Waals surface area contributed by atoms with Gasteiger partial charge < -0.3 is 14.8 Å². The average Bonchev–Trinajstić information content (AvgIpc) is 2.88. The van der Waals surface area contributed by atoms with E-state index in [1.807, 2.05) is 0 Å². The summed E-state index contributed by atoms with van der Waals surface area (Å²) >= 11 is 0. The van der Waals surface area contributed by atoms with Gasteiger partial charge in [0.2, 0.25) is 0 Å². The second-order valence-electron chi connectivity index (χ2n) is 5.99. The zero-order valence-electron chi connectivity index (χ0n) is 12.6. The predicted molar refractivity (Wildman–Crippen MR) is 79.2 cm³/mol. The predicted octanol–water partition coefficient (Wildman–Crippen LogP) is 1.18. The van der Waals surface area contributed by atoms with E-state index >= 15 is 0 Å². The second-order valence-corrected chi connectivity index (χ2v) is 5.99. The van der Waals surface area contributed by atoms with Gasteiger partial charge in [-0.05, 0) is 37.6 Å². The van der Waals surface area contributed by atoms with Crippen molar-refractivity contribution < 1.29 is 18.7 Å². The van der Waals surface area contributed by atoms with Gasteiger partial charge in [-0.25, -0.2) is 4.39 Å². The standard InChI is InChI=1S/C16H21FN2O3/c1-11-7-19-8-13(6-14(19)9-21-11)18-16(20)10-22-15-4-2-12(17)3-5-15/h2-5,11,13-14H,6-10H2,1H3,(H,18,20)/t11-,13-,14+/m1/s1. The van der Waals surface area contributed by atoms with Gasteiger partial charge in [0.1, 0.15) is 11.6 Å². The normalized spacial score (nSPS) is 28.2. The van der Waals surface area contributed by atoms with Crippen molar-refractivity contribution >= 4 is 5.91 Å². The minimum absolute atomic E-state index is 0.0559. The number of hydrogen-bond acceptors (Lipinski definition) is 4. The number of hydrogen-bond donors (Lipinski definition) is 1. The summed E-state index contributed by atoms with van der Waals surface area (Å²) in [5, 5.41) is 3.00. The van der Waals surface area contributed by atoms with Crippen LogP contribution in [0.25, 0.3) is 0 Å². The average molecular weight is 308 g/mol. The molecule has 0 unspecified atom stereocenters. The lowest BCUT2D eigenvalue weighted by molar-refractivity contribution is -0.123. The fourth-order valence-electron chi connectivity index (χ4n) is 3.09. The molecule has 1 N–H and O–H groups in total. The topological polar surface area (TPSA) is 50.8 Å². The minimum Gasteiger partial charge on any atom is -0.484 e. The van der Waals surface area contributed by atoms with Crippen molar-refractivity contribution in [1.29, 1.82) is 0 Å². The Bertz CT molecular complexity index is 523. The van der Waals surface area contributed by atoms with Crippen molar-refractivity contribution in [3.05, 3.63) is 30.1 Å². The molecular formula is C16H21FN2O3. The van der Waals surface area contributed by atoms with Crippen molar-refractivity contribution in [2.45, 2.75) is 31.5 Å². The summed E-state index contributed by atoms with van der Waals surface area (Å²) in [4.78, 5) is 14.3. The van der Waals surface area contributed by atoms with Gasteiger partial charge in [-0.3, -0.25) is 9.69 Å². The summed E-state index contributed by atoms with van der Waals surface area (Å²) in [6, 6.07) is 6.18. The first kappa shape index (κ1) is 15.2. The lowest BCUT2D eigenvalue weighted by Crippen LogP contribution is -2.45. The Labute approximate surface area is 129 Å². The number of benzene rings is 1. The van der Waals surface area contributed by atoms with Gasteiger partial charge in [0.05, 0.1) is 12.7 Å². The first-order chi connectivity index (χ1) is 10.6. The number of carbonyl (C=O) groups is 1. The maximum absolute atomic E-state index is 12.8. The van der Waals surface area contributed by atoms with Crippen molar-refractivity contribution in [3.63, 3.8) is 0 Å². The fourth-order valence-corrected chi connectivity index (χ4v) is 3.09. The Balaban J connectivity index is 1.43. The van der Waals surface area contributed by atoms with E-state index in [4.69, 9.17) is 9.47 Å². The Morgan fingerprint density at radius 3 is 2.95 bits per heavy atom. The Hall–Kier alpha value is -1.66. The third kappa shape index (κ3) is 3.75. The Morgan fingerprint density at radius 2 is 2.18 bits per heavy atom. The van der Waals surface area contributed by atoms with Gasteiger partial charge in [-0.15, -0.1) is 0 Å². The van der Waals surface area contributed by atoms with E-state index in [2.05, 4.69) is 17.1 Å². The molecule has 2 fully saturated rings. The van der Waals surface area contributed by atoms with Crippen LogP contribution in [0.2, 0.25) is 0 Å². The highest BCUT2D eigenvalue weighted by molar-refractivity contribution is 5.77. The highest BCUT2D eigenvalue weighted by Gasteiger charge is 2.36. The Kier molecular flexibility index (Phi) is 4.59. The smallest absolute Gasteiger partial charge is 0.258 e. The number of nitrogens with one attached hydrogen (secondary N) is 1. The number of halogens is 1. The molecule has 0 spiro atoms. The first-order valence-corrected chi connectivity index (χ1v) is 7.63. The number of nitrogens with zero attached hydrogens (tertiary/aromatic N) is 1. The van der Waals surface area contributed by atoms with Crippen LogP contribution in [-0.4, -0.2) is 55.3 Å². The molecule has 5 nitrogen and oxygen atoms in total. The molecule has 1 amide bonds. The molecule has 3 rings (SSSR count).